The third-order valence-corrected chi connectivity index (χ3v) is 3.85. The molecular weight excluding hydrogens is 397 g/mol. The van der Waals surface area contributed by atoms with Crippen LogP contribution in [0.5, 0.6) is 0 Å². The first kappa shape index (κ1) is 21.2. The number of anilines is 2. The standard InChI is InChI=1S/C18H16ClF3N4O2/c1-26(2)13-6-3-11(4-7-13)10-23-25-17(28)16(27)24-12-5-8-15(19)14(9-12)18(20,21)22/h3-10H,1-2H3,(H,24,27)(H,25,28)/b23-10-. The van der Waals surface area contributed by atoms with E-state index in [9.17, 15) is 22.8 Å². The third-order valence-electron chi connectivity index (χ3n) is 3.53. The molecule has 0 saturated carbocycles. The average Bonchev–Trinajstić information content (AvgIpc) is 2.62. The fourth-order valence-electron chi connectivity index (χ4n) is 2.08. The van der Waals surface area contributed by atoms with Gasteiger partial charge in [0.2, 0.25) is 0 Å². The van der Waals surface area contributed by atoms with Gasteiger partial charge in [0.05, 0.1) is 16.8 Å². The van der Waals surface area contributed by atoms with Crippen molar-refractivity contribution in [2.24, 2.45) is 5.10 Å². The third kappa shape index (κ3) is 5.71. The first-order valence-electron chi connectivity index (χ1n) is 7.86. The number of carbonyl (C=O) groups excluding carboxylic acids is 2. The lowest BCUT2D eigenvalue weighted by atomic mass is 10.2. The van der Waals surface area contributed by atoms with Crippen LogP contribution in [0.4, 0.5) is 24.5 Å². The van der Waals surface area contributed by atoms with Crippen molar-refractivity contribution in [3.63, 3.8) is 0 Å². The molecule has 0 aromatic heterocycles. The van der Waals surface area contributed by atoms with Gasteiger partial charge in [-0.3, -0.25) is 9.59 Å². The molecule has 2 amide bonds. The number of nitrogens with zero attached hydrogens (tertiary/aromatic N) is 2. The maximum absolute atomic E-state index is 12.8. The van der Waals surface area contributed by atoms with Crippen LogP contribution in [0.1, 0.15) is 11.1 Å². The highest BCUT2D eigenvalue weighted by molar-refractivity contribution is 6.39. The second-order valence-corrected chi connectivity index (χ2v) is 6.24. The van der Waals surface area contributed by atoms with Crippen molar-refractivity contribution in [2.45, 2.75) is 6.18 Å². The first-order chi connectivity index (χ1) is 13.1. The van der Waals surface area contributed by atoms with E-state index in [4.69, 9.17) is 11.6 Å². The number of carbonyl (C=O) groups is 2. The zero-order valence-corrected chi connectivity index (χ0v) is 15.6. The number of rotatable bonds is 4. The Morgan fingerprint density at radius 2 is 1.71 bits per heavy atom. The fraction of sp³-hybridized carbons (Fsp3) is 0.167. The predicted molar refractivity (Wildman–Crippen MR) is 102 cm³/mol. The molecule has 2 N–H and O–H groups in total. The molecule has 2 rings (SSSR count). The van der Waals surface area contributed by atoms with Gasteiger partial charge in [-0.15, -0.1) is 0 Å². The lowest BCUT2D eigenvalue weighted by molar-refractivity contribution is -0.137. The zero-order chi connectivity index (χ0) is 20.9. The predicted octanol–water partition coefficient (Wildman–Crippen LogP) is 3.51. The van der Waals surface area contributed by atoms with Crippen LogP contribution < -0.4 is 15.6 Å². The molecule has 2 aromatic rings. The van der Waals surface area contributed by atoms with E-state index in [2.05, 4.69) is 10.4 Å². The molecule has 0 atom stereocenters. The molecule has 0 radical (unpaired) electrons. The largest absolute Gasteiger partial charge is 0.417 e. The Bertz CT molecular complexity index is 897. The molecule has 0 spiro atoms. The summed E-state index contributed by atoms with van der Waals surface area (Å²) in [5, 5.41) is 5.20. The summed E-state index contributed by atoms with van der Waals surface area (Å²) in [4.78, 5) is 25.5. The van der Waals surface area contributed by atoms with Gasteiger partial charge in [-0.25, -0.2) is 5.43 Å². The quantitative estimate of drug-likeness (QED) is 0.458. The van der Waals surface area contributed by atoms with Crippen molar-refractivity contribution in [3.05, 3.63) is 58.6 Å². The number of halogens is 4. The molecule has 0 aliphatic carbocycles. The SMILES string of the molecule is CN(C)c1ccc(/C=N\NC(=O)C(=O)Nc2ccc(Cl)c(C(F)(F)F)c2)cc1. The second kappa shape index (κ2) is 8.75. The maximum Gasteiger partial charge on any atom is 0.417 e. The number of hydrazone groups is 1. The number of hydrogen-bond acceptors (Lipinski definition) is 4. The van der Waals surface area contributed by atoms with Crippen molar-refractivity contribution < 1.29 is 22.8 Å². The normalized spacial score (nSPS) is 11.4. The highest BCUT2D eigenvalue weighted by atomic mass is 35.5. The van der Waals surface area contributed by atoms with Crippen LogP contribution in [0.3, 0.4) is 0 Å². The summed E-state index contributed by atoms with van der Waals surface area (Å²) in [6.45, 7) is 0. The summed E-state index contributed by atoms with van der Waals surface area (Å²) in [5.74, 6) is -2.31. The molecule has 0 saturated heterocycles. The molecule has 0 bridgehead atoms. The van der Waals surface area contributed by atoms with Gasteiger partial charge < -0.3 is 10.2 Å². The van der Waals surface area contributed by atoms with E-state index >= 15 is 0 Å². The summed E-state index contributed by atoms with van der Waals surface area (Å²) >= 11 is 5.50. The fourth-order valence-corrected chi connectivity index (χ4v) is 2.31. The van der Waals surface area contributed by atoms with Crippen molar-refractivity contribution in [3.8, 4) is 0 Å². The van der Waals surface area contributed by atoms with E-state index in [0.29, 0.717) is 11.6 Å². The van der Waals surface area contributed by atoms with Crippen LogP contribution in [0.25, 0.3) is 0 Å². The average molecular weight is 413 g/mol. The van der Waals surface area contributed by atoms with Gasteiger partial charge in [0.15, 0.2) is 0 Å². The second-order valence-electron chi connectivity index (χ2n) is 5.83. The minimum atomic E-state index is -4.69. The lowest BCUT2D eigenvalue weighted by Gasteiger charge is -2.11. The van der Waals surface area contributed by atoms with Crippen LogP contribution in [0.2, 0.25) is 5.02 Å². The molecule has 28 heavy (non-hydrogen) atoms. The van der Waals surface area contributed by atoms with E-state index in [-0.39, 0.29) is 5.69 Å². The van der Waals surface area contributed by atoms with Crippen molar-refractivity contribution in [1.82, 2.24) is 5.43 Å². The minimum absolute atomic E-state index is 0.222. The Kier molecular flexibility index (Phi) is 6.63. The summed E-state index contributed by atoms with van der Waals surface area (Å²) in [6, 6.07) is 9.98. The van der Waals surface area contributed by atoms with Gasteiger partial charge in [-0.2, -0.15) is 18.3 Å². The van der Waals surface area contributed by atoms with Crippen LogP contribution >= 0.6 is 11.6 Å². The molecule has 0 aliphatic rings. The van der Waals surface area contributed by atoms with Crippen LogP contribution in [-0.4, -0.2) is 32.1 Å². The van der Waals surface area contributed by atoms with E-state index in [1.165, 1.54) is 6.21 Å². The van der Waals surface area contributed by atoms with Gasteiger partial charge in [0.1, 0.15) is 0 Å². The number of nitrogens with one attached hydrogen (secondary N) is 2. The van der Waals surface area contributed by atoms with Crippen LogP contribution in [-0.2, 0) is 15.8 Å². The van der Waals surface area contributed by atoms with Gasteiger partial charge in [0, 0.05) is 25.5 Å². The molecule has 0 heterocycles. The van der Waals surface area contributed by atoms with E-state index in [1.807, 2.05) is 36.6 Å². The summed E-state index contributed by atoms with van der Waals surface area (Å²) in [5.41, 5.74) is 2.32. The van der Waals surface area contributed by atoms with Crippen molar-refractivity contribution in [1.29, 1.82) is 0 Å². The molecule has 10 heteroatoms. The van der Waals surface area contributed by atoms with Gasteiger partial charge in [-0.1, -0.05) is 23.7 Å². The topological polar surface area (TPSA) is 73.8 Å². The minimum Gasteiger partial charge on any atom is -0.378 e. The Hall–Kier alpha value is -3.07. The van der Waals surface area contributed by atoms with E-state index in [1.54, 1.807) is 12.1 Å². The Labute approximate surface area is 164 Å². The number of hydrogen-bond donors (Lipinski definition) is 2. The lowest BCUT2D eigenvalue weighted by Crippen LogP contribution is -2.32. The van der Waals surface area contributed by atoms with Gasteiger partial charge in [0.25, 0.3) is 0 Å². The first-order valence-corrected chi connectivity index (χ1v) is 8.24. The summed E-state index contributed by atoms with van der Waals surface area (Å²) in [6.07, 6.45) is -3.36. The van der Waals surface area contributed by atoms with Crippen LogP contribution in [0.15, 0.2) is 47.6 Å². The molecular formula is C18H16ClF3N4O2. The molecule has 0 unspecified atom stereocenters. The summed E-state index contributed by atoms with van der Waals surface area (Å²) in [7, 11) is 3.78. The molecule has 148 valence electrons. The zero-order valence-electron chi connectivity index (χ0n) is 14.8. The highest BCUT2D eigenvalue weighted by Crippen LogP contribution is 2.36. The number of benzene rings is 2. The van der Waals surface area contributed by atoms with Gasteiger partial charge in [-0.05, 0) is 35.9 Å². The molecule has 0 aliphatic heterocycles. The number of amides is 2. The molecule has 6 nitrogen and oxygen atoms in total. The summed E-state index contributed by atoms with van der Waals surface area (Å²) < 4.78 is 38.5. The maximum atomic E-state index is 12.8. The smallest absolute Gasteiger partial charge is 0.378 e. The van der Waals surface area contributed by atoms with Crippen molar-refractivity contribution >= 4 is 41.0 Å². The van der Waals surface area contributed by atoms with Gasteiger partial charge >= 0.3 is 18.0 Å². The molecule has 2 aromatic carbocycles. The highest BCUT2D eigenvalue weighted by Gasteiger charge is 2.33. The Morgan fingerprint density at radius 1 is 1.07 bits per heavy atom. The van der Waals surface area contributed by atoms with E-state index in [0.717, 1.165) is 17.8 Å². The molecule has 0 fully saturated rings. The Morgan fingerprint density at radius 3 is 2.29 bits per heavy atom. The number of alkyl halides is 3. The monoisotopic (exact) mass is 412 g/mol. The van der Waals surface area contributed by atoms with Crippen molar-refractivity contribution in [2.75, 3.05) is 24.3 Å². The van der Waals surface area contributed by atoms with E-state index < -0.39 is 28.6 Å². The Balaban J connectivity index is 1.97. The van der Waals surface area contributed by atoms with Crippen LogP contribution in [0, 0.1) is 0 Å².